The lowest BCUT2D eigenvalue weighted by Gasteiger charge is -1.91. The average Bonchev–Trinajstić information content (AvgIpc) is 2.01. The Labute approximate surface area is 85.9 Å². The third-order valence-corrected chi connectivity index (χ3v) is 1.67. The van der Waals surface area contributed by atoms with E-state index in [1.807, 2.05) is 0 Å². The zero-order chi connectivity index (χ0) is 12.1. The number of nitrogens with zero attached hydrogens (tertiary/aromatic N) is 1. The third-order valence-electron chi connectivity index (χ3n) is 0.902. The minimum absolute atomic E-state index is 0.324. The molecule has 0 saturated carbocycles. The molecule has 0 aliphatic carbocycles. The minimum atomic E-state index is -4.67. The molecular formula is C5H7NO7S2. The normalized spacial score (nSPS) is 11.4. The second-order valence-electron chi connectivity index (χ2n) is 2.09. The van der Waals surface area contributed by atoms with E-state index >= 15 is 0 Å². The Balaban J connectivity index is 0.000000336. The van der Waals surface area contributed by atoms with Gasteiger partial charge in [0.1, 0.15) is 0 Å². The lowest BCUT2D eigenvalue weighted by molar-refractivity contribution is 0.381. The van der Waals surface area contributed by atoms with Gasteiger partial charge in [-0.25, -0.2) is 4.98 Å². The molecule has 10 heteroatoms. The summed E-state index contributed by atoms with van der Waals surface area (Å²) in [6.45, 7) is 0. The molecule has 1 heterocycles. The van der Waals surface area contributed by atoms with E-state index in [2.05, 4.69) is 4.98 Å². The van der Waals surface area contributed by atoms with Gasteiger partial charge < -0.3 is 0 Å². The Morgan fingerprint density at radius 2 is 1.47 bits per heavy atom. The van der Waals surface area contributed by atoms with Crippen LogP contribution in [0.15, 0.2) is 29.4 Å². The van der Waals surface area contributed by atoms with E-state index in [-0.39, 0.29) is 5.03 Å². The van der Waals surface area contributed by atoms with Gasteiger partial charge in [0.05, 0.1) is 0 Å². The summed E-state index contributed by atoms with van der Waals surface area (Å²) in [5, 5.41) is -0.324. The molecule has 0 aliphatic rings. The summed E-state index contributed by atoms with van der Waals surface area (Å²) in [6, 6.07) is 4.26. The highest BCUT2D eigenvalue weighted by molar-refractivity contribution is 7.85. The van der Waals surface area contributed by atoms with E-state index in [4.69, 9.17) is 22.1 Å². The molecule has 0 radical (unpaired) electrons. The van der Waals surface area contributed by atoms with Crippen LogP contribution in [0.2, 0.25) is 0 Å². The Kier molecular flexibility index (Phi) is 4.77. The average molecular weight is 257 g/mol. The first-order valence-corrected chi connectivity index (χ1v) is 6.03. The molecule has 8 nitrogen and oxygen atoms in total. The van der Waals surface area contributed by atoms with Crippen LogP contribution < -0.4 is 0 Å². The fourth-order valence-electron chi connectivity index (χ4n) is 0.500. The molecular weight excluding hydrogens is 250 g/mol. The van der Waals surface area contributed by atoms with Gasteiger partial charge in [0.25, 0.3) is 0 Å². The lowest BCUT2D eigenvalue weighted by atomic mass is 10.5. The molecule has 1 rings (SSSR count). The van der Waals surface area contributed by atoms with Crippen LogP contribution in [0.3, 0.4) is 0 Å². The van der Waals surface area contributed by atoms with Gasteiger partial charge in [0.2, 0.25) is 0 Å². The zero-order valence-corrected chi connectivity index (χ0v) is 8.68. The van der Waals surface area contributed by atoms with E-state index in [1.165, 1.54) is 18.3 Å². The van der Waals surface area contributed by atoms with Crippen molar-refractivity contribution in [2.75, 3.05) is 0 Å². The molecule has 0 saturated heterocycles. The van der Waals surface area contributed by atoms with Crippen LogP contribution in [0.25, 0.3) is 0 Å². The van der Waals surface area contributed by atoms with Crippen LogP contribution in [0.5, 0.6) is 0 Å². The number of aromatic nitrogens is 1. The summed E-state index contributed by atoms with van der Waals surface area (Å²) in [4.78, 5) is 3.41. The first-order chi connectivity index (χ1) is 6.61. The SMILES string of the molecule is O=S(=O)(O)O.O=S(=O)(O)c1ccccn1. The zero-order valence-electron chi connectivity index (χ0n) is 7.05. The first-order valence-electron chi connectivity index (χ1n) is 3.19. The predicted molar refractivity (Wildman–Crippen MR) is 48.2 cm³/mol. The summed E-state index contributed by atoms with van der Waals surface area (Å²) in [5.41, 5.74) is 0. The van der Waals surface area contributed by atoms with Gasteiger partial charge in [-0.15, -0.1) is 0 Å². The smallest absolute Gasteiger partial charge is 0.281 e. The van der Waals surface area contributed by atoms with Crippen molar-refractivity contribution in [3.8, 4) is 0 Å². The quantitative estimate of drug-likeness (QED) is 0.581. The molecule has 0 unspecified atom stereocenters. The molecule has 0 aliphatic heterocycles. The fourth-order valence-corrected chi connectivity index (χ4v) is 0.944. The molecule has 0 amide bonds. The highest BCUT2D eigenvalue weighted by atomic mass is 32.3. The van der Waals surface area contributed by atoms with E-state index in [9.17, 15) is 8.42 Å². The van der Waals surface area contributed by atoms with Crippen LogP contribution >= 0.6 is 0 Å². The molecule has 0 fully saturated rings. The second-order valence-corrected chi connectivity index (χ2v) is 4.35. The van der Waals surface area contributed by atoms with Crippen molar-refractivity contribution in [3.63, 3.8) is 0 Å². The fraction of sp³-hybridized carbons (Fsp3) is 0. The number of rotatable bonds is 1. The van der Waals surface area contributed by atoms with Gasteiger partial charge in [0.15, 0.2) is 5.03 Å². The van der Waals surface area contributed by atoms with Gasteiger partial charge in [-0.1, -0.05) is 6.07 Å². The highest BCUT2D eigenvalue weighted by Crippen LogP contribution is 2.00. The maximum absolute atomic E-state index is 10.3. The monoisotopic (exact) mass is 257 g/mol. The van der Waals surface area contributed by atoms with E-state index in [1.54, 1.807) is 6.07 Å². The second kappa shape index (κ2) is 5.14. The van der Waals surface area contributed by atoms with Crippen molar-refractivity contribution in [1.29, 1.82) is 0 Å². The van der Waals surface area contributed by atoms with Crippen molar-refractivity contribution in [1.82, 2.24) is 4.98 Å². The Bertz CT molecular complexity index is 483. The van der Waals surface area contributed by atoms with Gasteiger partial charge in [0, 0.05) is 6.20 Å². The first kappa shape index (κ1) is 13.9. The molecule has 15 heavy (non-hydrogen) atoms. The summed E-state index contributed by atoms with van der Waals surface area (Å²) in [5.74, 6) is 0. The van der Waals surface area contributed by atoms with Crippen molar-refractivity contribution < 1.29 is 30.5 Å². The van der Waals surface area contributed by atoms with Gasteiger partial charge in [-0.05, 0) is 12.1 Å². The van der Waals surface area contributed by atoms with Crippen molar-refractivity contribution in [3.05, 3.63) is 24.4 Å². The van der Waals surface area contributed by atoms with Crippen molar-refractivity contribution in [2.45, 2.75) is 5.03 Å². The summed E-state index contributed by atoms with van der Waals surface area (Å²) in [7, 11) is -8.78. The van der Waals surface area contributed by atoms with Gasteiger partial charge in [-0.3, -0.25) is 13.7 Å². The maximum Gasteiger partial charge on any atom is 0.394 e. The lowest BCUT2D eigenvalue weighted by Crippen LogP contribution is -1.99. The maximum atomic E-state index is 10.3. The molecule has 0 bridgehead atoms. The Hall–Kier alpha value is -1.07. The number of hydrogen-bond donors (Lipinski definition) is 3. The van der Waals surface area contributed by atoms with E-state index in [0.29, 0.717) is 0 Å². The van der Waals surface area contributed by atoms with Gasteiger partial charge >= 0.3 is 20.5 Å². The summed E-state index contributed by atoms with van der Waals surface area (Å²) in [6.07, 6.45) is 1.29. The molecule has 0 spiro atoms. The number of pyridine rings is 1. The van der Waals surface area contributed by atoms with Crippen molar-refractivity contribution >= 4 is 20.5 Å². The topological polar surface area (TPSA) is 142 Å². The van der Waals surface area contributed by atoms with Crippen LogP contribution in [-0.2, 0) is 20.5 Å². The highest BCUT2D eigenvalue weighted by Gasteiger charge is 2.07. The Morgan fingerprint density at radius 1 is 1.00 bits per heavy atom. The standard InChI is InChI=1S/C5H5NO3S.H2O4S/c7-10(8,9)5-3-1-2-4-6-5;1-5(2,3)4/h1-4H,(H,7,8,9);(H2,1,2,3,4). The molecule has 1 aromatic rings. The predicted octanol–water partition coefficient (Wildman–Crippen LogP) is -0.325. The summed E-state index contributed by atoms with van der Waals surface area (Å²) < 4.78 is 60.6. The van der Waals surface area contributed by atoms with E-state index in [0.717, 1.165) is 0 Å². The molecule has 3 N–H and O–H groups in total. The van der Waals surface area contributed by atoms with Gasteiger partial charge in [-0.2, -0.15) is 16.8 Å². The molecule has 1 aromatic heterocycles. The molecule has 0 atom stereocenters. The number of hydrogen-bond acceptors (Lipinski definition) is 5. The van der Waals surface area contributed by atoms with Crippen LogP contribution in [-0.4, -0.2) is 35.5 Å². The summed E-state index contributed by atoms with van der Waals surface area (Å²) >= 11 is 0. The minimum Gasteiger partial charge on any atom is -0.281 e. The Morgan fingerprint density at radius 3 is 1.67 bits per heavy atom. The van der Waals surface area contributed by atoms with Crippen LogP contribution in [0.4, 0.5) is 0 Å². The van der Waals surface area contributed by atoms with E-state index < -0.39 is 20.5 Å². The van der Waals surface area contributed by atoms with Crippen LogP contribution in [0.1, 0.15) is 0 Å². The largest absolute Gasteiger partial charge is 0.394 e. The molecule has 86 valence electrons. The van der Waals surface area contributed by atoms with Crippen LogP contribution in [0, 0.1) is 0 Å². The van der Waals surface area contributed by atoms with Crippen molar-refractivity contribution in [2.24, 2.45) is 0 Å². The third kappa shape index (κ3) is 9.24. The molecule has 0 aromatic carbocycles.